The van der Waals surface area contributed by atoms with Gasteiger partial charge in [0, 0.05) is 38.6 Å². The second-order valence-electron chi connectivity index (χ2n) is 7.64. The van der Waals surface area contributed by atoms with Gasteiger partial charge in [-0.05, 0) is 12.3 Å². The molecule has 0 radical (unpaired) electrons. The van der Waals surface area contributed by atoms with Crippen LogP contribution in [0.2, 0.25) is 0 Å². The van der Waals surface area contributed by atoms with Gasteiger partial charge < -0.3 is 15.0 Å². The van der Waals surface area contributed by atoms with Crippen molar-refractivity contribution in [3.05, 3.63) is 30.3 Å². The summed E-state index contributed by atoms with van der Waals surface area (Å²) in [4.78, 5) is 26.8. The molecular formula is C22H30N4O3S. The summed E-state index contributed by atoms with van der Waals surface area (Å²) in [5, 5.41) is 12.2. The fourth-order valence-electron chi connectivity index (χ4n) is 3.74. The zero-order valence-electron chi connectivity index (χ0n) is 17.5. The van der Waals surface area contributed by atoms with E-state index < -0.39 is 0 Å². The Labute approximate surface area is 181 Å². The molecule has 8 heteroatoms. The molecule has 2 aromatic rings. The van der Waals surface area contributed by atoms with Crippen LogP contribution in [0, 0.1) is 5.92 Å². The van der Waals surface area contributed by atoms with Crippen molar-refractivity contribution in [2.24, 2.45) is 5.92 Å². The Bertz CT molecular complexity index is 806. The Hall–Kier alpha value is -2.32. The Kier molecular flexibility index (Phi) is 8.77. The molecule has 0 saturated heterocycles. The van der Waals surface area contributed by atoms with E-state index in [0.29, 0.717) is 37.2 Å². The predicted octanol–water partition coefficient (Wildman–Crippen LogP) is 3.98. The first kappa shape index (κ1) is 22.4. The van der Waals surface area contributed by atoms with Crippen LogP contribution in [0.4, 0.5) is 5.13 Å². The van der Waals surface area contributed by atoms with E-state index in [1.54, 1.807) is 12.0 Å². The number of ether oxygens (including phenoxy) is 1. The number of hydrogen-bond acceptors (Lipinski definition) is 6. The summed E-state index contributed by atoms with van der Waals surface area (Å²) in [6, 6.07) is 9.73. The van der Waals surface area contributed by atoms with E-state index in [1.807, 2.05) is 30.3 Å². The zero-order valence-corrected chi connectivity index (χ0v) is 18.3. The van der Waals surface area contributed by atoms with Crippen LogP contribution in [0.5, 0.6) is 0 Å². The molecule has 1 fully saturated rings. The molecule has 1 aliphatic carbocycles. The van der Waals surface area contributed by atoms with E-state index in [0.717, 1.165) is 17.0 Å². The van der Waals surface area contributed by atoms with Crippen molar-refractivity contribution in [1.29, 1.82) is 0 Å². The Morgan fingerprint density at radius 3 is 2.63 bits per heavy atom. The number of rotatable bonds is 11. The number of carbonyl (C=O) groups excluding carboxylic acids is 2. The molecule has 0 spiro atoms. The lowest BCUT2D eigenvalue weighted by Crippen LogP contribution is -2.36. The minimum absolute atomic E-state index is 0.106. The molecule has 1 saturated carbocycles. The molecule has 0 atom stereocenters. The smallest absolute Gasteiger partial charge is 0.227 e. The predicted molar refractivity (Wildman–Crippen MR) is 118 cm³/mol. The zero-order chi connectivity index (χ0) is 21.2. The van der Waals surface area contributed by atoms with Crippen LogP contribution < -0.4 is 5.32 Å². The third-order valence-electron chi connectivity index (χ3n) is 5.46. The van der Waals surface area contributed by atoms with Gasteiger partial charge in [-0.2, -0.15) is 0 Å². The number of benzene rings is 1. The summed E-state index contributed by atoms with van der Waals surface area (Å²) in [5.41, 5.74) is 0.967. The molecule has 30 heavy (non-hydrogen) atoms. The number of amides is 2. The monoisotopic (exact) mass is 430 g/mol. The summed E-state index contributed by atoms with van der Waals surface area (Å²) in [6.45, 7) is 1.35. The first-order chi connectivity index (χ1) is 14.7. The SMILES string of the molecule is COCCN(CCC(=O)Nc1nnc(-c2ccccc2)s1)C(=O)CCC1CCCC1. The number of anilines is 1. The number of nitrogens with one attached hydrogen (secondary N) is 1. The van der Waals surface area contributed by atoms with Gasteiger partial charge in [0.1, 0.15) is 5.01 Å². The van der Waals surface area contributed by atoms with Gasteiger partial charge in [0.15, 0.2) is 0 Å². The summed E-state index contributed by atoms with van der Waals surface area (Å²) in [7, 11) is 1.62. The minimum atomic E-state index is -0.170. The first-order valence-corrected chi connectivity index (χ1v) is 11.4. The molecule has 0 aliphatic heterocycles. The lowest BCUT2D eigenvalue weighted by Gasteiger charge is -2.23. The van der Waals surface area contributed by atoms with E-state index in [2.05, 4.69) is 15.5 Å². The van der Waals surface area contributed by atoms with Gasteiger partial charge in [0.2, 0.25) is 16.9 Å². The van der Waals surface area contributed by atoms with Gasteiger partial charge in [0.05, 0.1) is 6.61 Å². The second-order valence-corrected chi connectivity index (χ2v) is 8.62. The fraction of sp³-hybridized carbons (Fsp3) is 0.545. The average Bonchev–Trinajstić information content (AvgIpc) is 3.45. The average molecular weight is 431 g/mol. The summed E-state index contributed by atoms with van der Waals surface area (Å²) in [6.07, 6.45) is 6.75. The highest BCUT2D eigenvalue weighted by atomic mass is 32.1. The number of hydrogen-bond donors (Lipinski definition) is 1. The second kappa shape index (κ2) is 11.8. The molecule has 7 nitrogen and oxygen atoms in total. The molecular weight excluding hydrogens is 400 g/mol. The van der Waals surface area contributed by atoms with E-state index in [1.165, 1.54) is 37.0 Å². The topological polar surface area (TPSA) is 84.4 Å². The lowest BCUT2D eigenvalue weighted by atomic mass is 10.0. The van der Waals surface area contributed by atoms with Crippen molar-refractivity contribution >= 4 is 28.3 Å². The lowest BCUT2D eigenvalue weighted by molar-refractivity contribution is -0.132. The maximum Gasteiger partial charge on any atom is 0.227 e. The number of aromatic nitrogens is 2. The largest absolute Gasteiger partial charge is 0.383 e. The van der Waals surface area contributed by atoms with Gasteiger partial charge in [-0.1, -0.05) is 67.4 Å². The van der Waals surface area contributed by atoms with E-state index in [-0.39, 0.29) is 18.2 Å². The van der Waals surface area contributed by atoms with Gasteiger partial charge in [-0.15, -0.1) is 10.2 Å². The molecule has 0 bridgehead atoms. The highest BCUT2D eigenvalue weighted by Gasteiger charge is 2.20. The van der Waals surface area contributed by atoms with Crippen molar-refractivity contribution in [3.8, 4) is 10.6 Å². The Morgan fingerprint density at radius 1 is 1.13 bits per heavy atom. The molecule has 1 N–H and O–H groups in total. The standard InChI is InChI=1S/C22H30N4O3S/c1-29-16-15-26(20(28)12-11-17-7-5-6-8-17)14-13-19(27)23-22-25-24-21(30-22)18-9-3-2-4-10-18/h2-4,9-10,17H,5-8,11-16H2,1H3,(H,23,25,27). The molecule has 3 rings (SSSR count). The maximum absolute atomic E-state index is 12.7. The number of methoxy groups -OCH3 is 1. The van der Waals surface area contributed by atoms with Crippen molar-refractivity contribution in [3.63, 3.8) is 0 Å². The molecule has 0 unspecified atom stereocenters. The number of carbonyl (C=O) groups is 2. The minimum Gasteiger partial charge on any atom is -0.383 e. The van der Waals surface area contributed by atoms with Crippen LogP contribution in [0.15, 0.2) is 30.3 Å². The van der Waals surface area contributed by atoms with Gasteiger partial charge in [0.25, 0.3) is 0 Å². The van der Waals surface area contributed by atoms with Crippen molar-refractivity contribution in [2.45, 2.75) is 44.9 Å². The summed E-state index contributed by atoms with van der Waals surface area (Å²) in [5.74, 6) is 0.614. The van der Waals surface area contributed by atoms with Gasteiger partial charge in [-0.25, -0.2) is 0 Å². The molecule has 1 aromatic heterocycles. The fourth-order valence-corrected chi connectivity index (χ4v) is 4.50. The van der Waals surface area contributed by atoms with Crippen LogP contribution >= 0.6 is 11.3 Å². The molecule has 2 amide bonds. The van der Waals surface area contributed by atoms with Crippen LogP contribution in [0.25, 0.3) is 10.6 Å². The normalized spacial score (nSPS) is 14.0. The highest BCUT2D eigenvalue weighted by Crippen LogP contribution is 2.29. The Morgan fingerprint density at radius 2 is 1.90 bits per heavy atom. The summed E-state index contributed by atoms with van der Waals surface area (Å²) < 4.78 is 5.14. The van der Waals surface area contributed by atoms with Crippen molar-refractivity contribution in [2.75, 3.05) is 32.1 Å². The summed E-state index contributed by atoms with van der Waals surface area (Å²) >= 11 is 1.34. The van der Waals surface area contributed by atoms with Gasteiger partial charge in [-0.3, -0.25) is 9.59 Å². The molecule has 1 aliphatic rings. The molecule has 1 heterocycles. The third kappa shape index (κ3) is 6.88. The van der Waals surface area contributed by atoms with Crippen LogP contribution in [0.3, 0.4) is 0 Å². The highest BCUT2D eigenvalue weighted by molar-refractivity contribution is 7.18. The van der Waals surface area contributed by atoms with Crippen molar-refractivity contribution in [1.82, 2.24) is 15.1 Å². The molecule has 162 valence electrons. The maximum atomic E-state index is 12.7. The molecule has 1 aromatic carbocycles. The van der Waals surface area contributed by atoms with Crippen molar-refractivity contribution < 1.29 is 14.3 Å². The van der Waals surface area contributed by atoms with Gasteiger partial charge >= 0.3 is 0 Å². The van der Waals surface area contributed by atoms with E-state index in [4.69, 9.17) is 4.74 Å². The van der Waals surface area contributed by atoms with E-state index in [9.17, 15) is 9.59 Å². The van der Waals surface area contributed by atoms with E-state index >= 15 is 0 Å². The third-order valence-corrected chi connectivity index (χ3v) is 6.35. The van der Waals surface area contributed by atoms with Crippen LogP contribution in [-0.2, 0) is 14.3 Å². The Balaban J connectivity index is 1.47. The first-order valence-electron chi connectivity index (χ1n) is 10.6. The van der Waals surface area contributed by atoms with Crippen LogP contribution in [0.1, 0.15) is 44.9 Å². The number of nitrogens with zero attached hydrogens (tertiary/aromatic N) is 3. The quantitative estimate of drug-likeness (QED) is 0.583. The van der Waals surface area contributed by atoms with Crippen LogP contribution in [-0.4, -0.2) is 53.7 Å².